The first-order chi connectivity index (χ1) is 9.22. The molecule has 0 spiro atoms. The summed E-state index contributed by atoms with van der Waals surface area (Å²) in [5.74, 6) is 1.09. The van der Waals surface area contributed by atoms with Crippen molar-refractivity contribution in [3.63, 3.8) is 0 Å². The van der Waals surface area contributed by atoms with Crippen LogP contribution >= 0.6 is 22.9 Å². The van der Waals surface area contributed by atoms with Gasteiger partial charge in [-0.15, -0.1) is 11.3 Å². The van der Waals surface area contributed by atoms with E-state index in [1.54, 1.807) is 0 Å². The highest BCUT2D eigenvalue weighted by Crippen LogP contribution is 2.29. The number of fused-ring (bicyclic) bond motifs is 1. The summed E-state index contributed by atoms with van der Waals surface area (Å²) in [6.07, 6.45) is 1.22. The van der Waals surface area contributed by atoms with Crippen molar-refractivity contribution in [1.82, 2.24) is 0 Å². The zero-order valence-electron chi connectivity index (χ0n) is 10.3. The molecule has 0 saturated carbocycles. The van der Waals surface area contributed by atoms with Crippen LogP contribution in [0.3, 0.4) is 0 Å². The van der Waals surface area contributed by atoms with Crippen LogP contribution in [0.5, 0.6) is 5.75 Å². The van der Waals surface area contributed by atoms with Crippen LogP contribution in [0, 0.1) is 5.92 Å². The third-order valence-electron chi connectivity index (χ3n) is 3.31. The smallest absolute Gasteiger partial charge is 0.144 e. The lowest BCUT2D eigenvalue weighted by atomic mass is 9.91. The Morgan fingerprint density at radius 2 is 2.16 bits per heavy atom. The lowest BCUT2D eigenvalue weighted by molar-refractivity contribution is -0.123. The number of Topliss-reactive ketones (excluding diaryl/α,β-unsaturated/α-hetero) is 1. The predicted octanol–water partition coefficient (Wildman–Crippen LogP) is 3.76. The van der Waals surface area contributed by atoms with Gasteiger partial charge in [-0.1, -0.05) is 29.8 Å². The van der Waals surface area contributed by atoms with E-state index < -0.39 is 0 Å². The van der Waals surface area contributed by atoms with Crippen LogP contribution in [-0.2, 0) is 17.6 Å². The minimum Gasteiger partial charge on any atom is -0.493 e. The first-order valence-corrected chi connectivity index (χ1v) is 7.39. The van der Waals surface area contributed by atoms with Crippen molar-refractivity contribution in [2.24, 2.45) is 5.92 Å². The normalized spacial score (nSPS) is 17.6. The topological polar surface area (TPSA) is 26.3 Å². The van der Waals surface area contributed by atoms with E-state index in [2.05, 4.69) is 0 Å². The van der Waals surface area contributed by atoms with E-state index in [9.17, 15) is 4.79 Å². The van der Waals surface area contributed by atoms with Crippen LogP contribution in [0.2, 0.25) is 4.34 Å². The van der Waals surface area contributed by atoms with Crippen molar-refractivity contribution < 1.29 is 9.53 Å². The molecule has 0 N–H and O–H groups in total. The second kappa shape index (κ2) is 5.35. The van der Waals surface area contributed by atoms with Gasteiger partial charge in [0.2, 0.25) is 0 Å². The Hall–Kier alpha value is -1.32. The van der Waals surface area contributed by atoms with Crippen LogP contribution in [0.25, 0.3) is 0 Å². The summed E-state index contributed by atoms with van der Waals surface area (Å²) in [4.78, 5) is 13.3. The molecule has 1 aliphatic heterocycles. The summed E-state index contributed by atoms with van der Waals surface area (Å²) in [7, 11) is 0. The molecule has 0 amide bonds. The molecule has 19 heavy (non-hydrogen) atoms. The highest BCUT2D eigenvalue weighted by Gasteiger charge is 2.25. The number of halogens is 1. The van der Waals surface area contributed by atoms with Gasteiger partial charge in [-0.2, -0.15) is 0 Å². The molecule has 1 aliphatic rings. The van der Waals surface area contributed by atoms with Gasteiger partial charge in [-0.25, -0.2) is 0 Å². The summed E-state index contributed by atoms with van der Waals surface area (Å²) < 4.78 is 6.39. The first-order valence-electron chi connectivity index (χ1n) is 6.20. The number of hydrogen-bond acceptors (Lipinski definition) is 3. The van der Waals surface area contributed by atoms with Crippen LogP contribution in [-0.4, -0.2) is 12.4 Å². The number of carbonyl (C=O) groups excluding carboxylic acids is 1. The van der Waals surface area contributed by atoms with Gasteiger partial charge in [-0.05, 0) is 30.2 Å². The van der Waals surface area contributed by atoms with Crippen molar-refractivity contribution in [2.75, 3.05) is 6.61 Å². The van der Waals surface area contributed by atoms with E-state index in [1.165, 1.54) is 11.3 Å². The fourth-order valence-electron chi connectivity index (χ4n) is 2.30. The fraction of sp³-hybridized carbons (Fsp3) is 0.267. The number of hydrogen-bond donors (Lipinski definition) is 0. The van der Waals surface area contributed by atoms with Gasteiger partial charge in [0, 0.05) is 11.3 Å². The molecule has 2 heterocycles. The van der Waals surface area contributed by atoms with Gasteiger partial charge >= 0.3 is 0 Å². The molecule has 4 heteroatoms. The molecule has 1 aromatic heterocycles. The molecule has 98 valence electrons. The summed E-state index contributed by atoms with van der Waals surface area (Å²) in [6, 6.07) is 11.7. The van der Waals surface area contributed by atoms with Crippen molar-refractivity contribution in [3.05, 3.63) is 51.2 Å². The van der Waals surface area contributed by atoms with Crippen LogP contribution < -0.4 is 4.74 Å². The third kappa shape index (κ3) is 2.82. The Labute approximate surface area is 121 Å². The zero-order valence-corrected chi connectivity index (χ0v) is 11.8. The predicted molar refractivity (Wildman–Crippen MR) is 77.2 cm³/mol. The van der Waals surface area contributed by atoms with E-state index in [0.717, 1.165) is 26.9 Å². The number of ketones is 1. The van der Waals surface area contributed by atoms with Crippen molar-refractivity contribution in [2.45, 2.75) is 12.8 Å². The number of ether oxygens (including phenoxy) is 1. The molecule has 0 aliphatic carbocycles. The fourth-order valence-corrected chi connectivity index (χ4v) is 3.39. The highest BCUT2D eigenvalue weighted by molar-refractivity contribution is 7.16. The average Bonchev–Trinajstić information content (AvgIpc) is 2.83. The number of thiophene rings is 1. The highest BCUT2D eigenvalue weighted by atomic mass is 35.5. The van der Waals surface area contributed by atoms with Gasteiger partial charge in [0.25, 0.3) is 0 Å². The van der Waals surface area contributed by atoms with E-state index in [0.29, 0.717) is 13.0 Å². The Morgan fingerprint density at radius 3 is 2.95 bits per heavy atom. The van der Waals surface area contributed by atoms with Crippen LogP contribution in [0.1, 0.15) is 10.4 Å². The number of carbonyl (C=O) groups is 1. The molecule has 0 radical (unpaired) electrons. The number of benzene rings is 1. The van der Waals surface area contributed by atoms with Gasteiger partial charge in [-0.3, -0.25) is 4.79 Å². The van der Waals surface area contributed by atoms with Gasteiger partial charge in [0.05, 0.1) is 16.9 Å². The maximum atomic E-state index is 12.3. The molecule has 1 atom stereocenters. The second-order valence-corrected chi connectivity index (χ2v) is 6.47. The molecule has 1 unspecified atom stereocenters. The standard InChI is InChI=1S/C15H13ClO2S/c16-15-6-5-12(19-15)8-13(17)11-7-10-3-1-2-4-14(10)18-9-11/h1-6,11H,7-9H2. The maximum absolute atomic E-state index is 12.3. The SMILES string of the molecule is O=C(Cc1ccc(Cl)s1)C1COc2ccccc2C1. The summed E-state index contributed by atoms with van der Waals surface area (Å²) in [6.45, 7) is 0.481. The van der Waals surface area contributed by atoms with Crippen molar-refractivity contribution >= 4 is 28.7 Å². The maximum Gasteiger partial charge on any atom is 0.144 e. The lowest BCUT2D eigenvalue weighted by Crippen LogP contribution is -2.29. The monoisotopic (exact) mass is 292 g/mol. The van der Waals surface area contributed by atoms with E-state index >= 15 is 0 Å². The zero-order chi connectivity index (χ0) is 13.2. The molecule has 2 aromatic rings. The molecule has 0 fully saturated rings. The summed E-state index contributed by atoms with van der Waals surface area (Å²) in [5, 5.41) is 0. The Morgan fingerprint density at radius 1 is 1.32 bits per heavy atom. The van der Waals surface area contributed by atoms with E-state index in [1.807, 2.05) is 36.4 Å². The molecular weight excluding hydrogens is 280 g/mol. The molecular formula is C15H13ClO2S. The Balaban J connectivity index is 1.69. The van der Waals surface area contributed by atoms with Crippen molar-refractivity contribution in [1.29, 1.82) is 0 Å². The molecule has 0 bridgehead atoms. The molecule has 0 saturated heterocycles. The van der Waals surface area contributed by atoms with E-state index in [-0.39, 0.29) is 11.7 Å². The average molecular weight is 293 g/mol. The quantitative estimate of drug-likeness (QED) is 0.861. The molecule has 3 rings (SSSR count). The summed E-state index contributed by atoms with van der Waals surface area (Å²) >= 11 is 7.35. The van der Waals surface area contributed by atoms with Crippen LogP contribution in [0.15, 0.2) is 36.4 Å². The van der Waals surface area contributed by atoms with Gasteiger partial charge in [0.15, 0.2) is 0 Å². The summed E-state index contributed by atoms with van der Waals surface area (Å²) in [5.41, 5.74) is 1.12. The first kappa shape index (κ1) is 12.7. The van der Waals surface area contributed by atoms with Gasteiger partial charge < -0.3 is 4.74 Å². The third-order valence-corrected chi connectivity index (χ3v) is 4.54. The minimum atomic E-state index is -0.0456. The van der Waals surface area contributed by atoms with Crippen LogP contribution in [0.4, 0.5) is 0 Å². The Kier molecular flexibility index (Phi) is 3.58. The van der Waals surface area contributed by atoms with Gasteiger partial charge in [0.1, 0.15) is 11.5 Å². The van der Waals surface area contributed by atoms with Crippen molar-refractivity contribution in [3.8, 4) is 5.75 Å². The number of para-hydroxylation sites is 1. The van der Waals surface area contributed by atoms with E-state index in [4.69, 9.17) is 16.3 Å². The largest absolute Gasteiger partial charge is 0.493 e. The number of rotatable bonds is 3. The minimum absolute atomic E-state index is 0.0456. The molecule has 2 nitrogen and oxygen atoms in total. The lowest BCUT2D eigenvalue weighted by Gasteiger charge is -2.24. The second-order valence-electron chi connectivity index (χ2n) is 4.67. The molecule has 1 aromatic carbocycles. The Bertz CT molecular complexity index is 606.